The fourth-order valence-electron chi connectivity index (χ4n) is 0.922. The van der Waals surface area contributed by atoms with Gasteiger partial charge in [0.25, 0.3) is 0 Å². The van der Waals surface area contributed by atoms with Crippen LogP contribution in [0.4, 0.5) is 0 Å². The highest BCUT2D eigenvalue weighted by molar-refractivity contribution is 8.01. The van der Waals surface area contributed by atoms with Crippen LogP contribution in [0.5, 0.6) is 0 Å². The van der Waals surface area contributed by atoms with Gasteiger partial charge in [0, 0.05) is 0 Å². The lowest BCUT2D eigenvalue weighted by Crippen LogP contribution is -1.97. The first kappa shape index (κ1) is 10.5. The van der Waals surface area contributed by atoms with Crippen LogP contribution in [-0.2, 0) is 6.42 Å². The molecular weight excluding hydrogens is 206 g/mol. The van der Waals surface area contributed by atoms with E-state index in [4.69, 9.17) is 5.11 Å². The average Bonchev–Trinajstić information content (AvgIpc) is 2.48. The van der Waals surface area contributed by atoms with Crippen molar-refractivity contribution in [3.8, 4) is 0 Å². The lowest BCUT2D eigenvalue weighted by Gasteiger charge is -1.89. The highest BCUT2D eigenvalue weighted by Crippen LogP contribution is 2.27. The molecule has 0 radical (unpaired) electrons. The summed E-state index contributed by atoms with van der Waals surface area (Å²) in [7, 11) is 0. The molecule has 0 fully saturated rings. The van der Waals surface area contributed by atoms with Crippen molar-refractivity contribution < 1.29 is 9.90 Å². The molecule has 13 heavy (non-hydrogen) atoms. The van der Waals surface area contributed by atoms with E-state index in [1.54, 1.807) is 11.8 Å². The van der Waals surface area contributed by atoms with Crippen molar-refractivity contribution in [1.82, 2.24) is 4.98 Å². The van der Waals surface area contributed by atoms with E-state index in [9.17, 15) is 4.79 Å². The van der Waals surface area contributed by atoms with Crippen LogP contribution in [0.1, 0.15) is 29.2 Å². The molecule has 0 aromatic carbocycles. The Bertz CT molecular complexity index is 309. The van der Waals surface area contributed by atoms with Gasteiger partial charge < -0.3 is 5.11 Å². The maximum absolute atomic E-state index is 10.8. The fourth-order valence-corrected chi connectivity index (χ4v) is 2.91. The Morgan fingerprint density at radius 3 is 2.69 bits per heavy atom. The van der Waals surface area contributed by atoms with Crippen LogP contribution < -0.4 is 0 Å². The van der Waals surface area contributed by atoms with E-state index in [0.717, 1.165) is 10.1 Å². The number of hydrogen-bond donors (Lipinski definition) is 1. The third kappa shape index (κ3) is 2.45. The van der Waals surface area contributed by atoms with Crippen LogP contribution in [0.25, 0.3) is 0 Å². The number of carboxylic acid groups (broad SMARTS) is 1. The normalized spacial score (nSPS) is 10.3. The minimum Gasteiger partial charge on any atom is -0.477 e. The van der Waals surface area contributed by atoms with Gasteiger partial charge in [0.2, 0.25) is 0 Å². The monoisotopic (exact) mass is 217 g/mol. The van der Waals surface area contributed by atoms with Crippen LogP contribution in [0, 0.1) is 0 Å². The topological polar surface area (TPSA) is 50.2 Å². The maximum Gasteiger partial charge on any atom is 0.347 e. The number of aromatic nitrogens is 1. The molecule has 1 N–H and O–H groups in total. The Morgan fingerprint density at radius 1 is 1.62 bits per heavy atom. The van der Waals surface area contributed by atoms with Gasteiger partial charge in [0.1, 0.15) is 4.88 Å². The van der Waals surface area contributed by atoms with Gasteiger partial charge in [0.15, 0.2) is 4.34 Å². The Labute approximate surface area is 85.2 Å². The molecule has 0 aliphatic rings. The lowest BCUT2D eigenvalue weighted by molar-refractivity contribution is 0.0701. The molecule has 0 aliphatic heterocycles. The molecular formula is C8H11NO2S2. The zero-order valence-electron chi connectivity index (χ0n) is 7.53. The summed E-state index contributed by atoms with van der Waals surface area (Å²) >= 11 is 2.86. The number of carbonyl (C=O) groups is 1. The number of aromatic carboxylic acids is 1. The maximum atomic E-state index is 10.8. The molecule has 1 aromatic rings. The van der Waals surface area contributed by atoms with Crippen molar-refractivity contribution in [2.24, 2.45) is 0 Å². The van der Waals surface area contributed by atoms with Gasteiger partial charge in [-0.25, -0.2) is 9.78 Å². The lowest BCUT2D eigenvalue weighted by atomic mass is 10.3. The number of thioether (sulfide) groups is 1. The minimum absolute atomic E-state index is 0.387. The van der Waals surface area contributed by atoms with Crippen LogP contribution in [-0.4, -0.2) is 21.8 Å². The van der Waals surface area contributed by atoms with E-state index in [1.807, 2.05) is 13.8 Å². The van der Waals surface area contributed by atoms with Gasteiger partial charge in [-0.3, -0.25) is 0 Å². The van der Waals surface area contributed by atoms with E-state index in [1.165, 1.54) is 11.3 Å². The van der Waals surface area contributed by atoms with Gasteiger partial charge in [-0.05, 0) is 12.2 Å². The first-order valence-corrected chi connectivity index (χ1v) is 5.85. The average molecular weight is 217 g/mol. The van der Waals surface area contributed by atoms with Crippen molar-refractivity contribution in [3.63, 3.8) is 0 Å². The molecule has 0 atom stereocenters. The highest BCUT2D eigenvalue weighted by Gasteiger charge is 2.15. The Balaban J connectivity index is 2.97. The number of nitrogens with zero attached hydrogens (tertiary/aromatic N) is 1. The Morgan fingerprint density at radius 2 is 2.31 bits per heavy atom. The second-order valence-electron chi connectivity index (χ2n) is 2.35. The van der Waals surface area contributed by atoms with Gasteiger partial charge in [-0.2, -0.15) is 0 Å². The van der Waals surface area contributed by atoms with Gasteiger partial charge in [-0.15, -0.1) is 11.3 Å². The van der Waals surface area contributed by atoms with Gasteiger partial charge >= 0.3 is 5.97 Å². The quantitative estimate of drug-likeness (QED) is 0.787. The minimum atomic E-state index is -0.864. The van der Waals surface area contributed by atoms with Crippen molar-refractivity contribution in [2.45, 2.75) is 24.6 Å². The van der Waals surface area contributed by atoms with E-state index in [-0.39, 0.29) is 0 Å². The summed E-state index contributed by atoms with van der Waals surface area (Å²) in [6.07, 6.45) is 0.683. The van der Waals surface area contributed by atoms with Crippen molar-refractivity contribution >= 4 is 29.1 Å². The Kier molecular flexibility index (Phi) is 3.74. The molecule has 0 unspecified atom stereocenters. The summed E-state index contributed by atoms with van der Waals surface area (Å²) in [6, 6.07) is 0. The van der Waals surface area contributed by atoms with Crippen LogP contribution in [0.15, 0.2) is 4.34 Å². The SMILES string of the molecule is CCSc1nc(CC)c(C(=O)O)s1. The zero-order chi connectivity index (χ0) is 9.84. The van der Waals surface area contributed by atoms with E-state index >= 15 is 0 Å². The standard InChI is InChI=1S/C8H11NO2S2/c1-3-5-6(7(10)11)13-8(9-5)12-4-2/h3-4H2,1-2H3,(H,10,11). The molecule has 72 valence electrons. The van der Waals surface area contributed by atoms with Crippen LogP contribution in [0.3, 0.4) is 0 Å². The van der Waals surface area contributed by atoms with Crippen LogP contribution in [0.2, 0.25) is 0 Å². The van der Waals surface area contributed by atoms with Crippen LogP contribution >= 0.6 is 23.1 Å². The van der Waals surface area contributed by atoms with Crippen molar-refractivity contribution in [1.29, 1.82) is 0 Å². The van der Waals surface area contributed by atoms with Crippen molar-refractivity contribution in [3.05, 3.63) is 10.6 Å². The first-order valence-electron chi connectivity index (χ1n) is 4.04. The second-order valence-corrected chi connectivity index (χ2v) is 4.86. The number of thiazole rings is 1. The van der Waals surface area contributed by atoms with E-state index in [2.05, 4.69) is 4.98 Å². The summed E-state index contributed by atoms with van der Waals surface area (Å²) in [6.45, 7) is 3.94. The van der Waals surface area contributed by atoms with E-state index < -0.39 is 5.97 Å². The fraction of sp³-hybridized carbons (Fsp3) is 0.500. The van der Waals surface area contributed by atoms with E-state index in [0.29, 0.717) is 17.0 Å². The number of hydrogen-bond acceptors (Lipinski definition) is 4. The molecule has 0 saturated carbocycles. The number of aryl methyl sites for hydroxylation is 1. The Hall–Kier alpha value is -0.550. The summed E-state index contributed by atoms with van der Waals surface area (Å²) in [5.41, 5.74) is 0.702. The smallest absolute Gasteiger partial charge is 0.347 e. The predicted octanol–water partition coefficient (Wildman–Crippen LogP) is 2.52. The summed E-state index contributed by atoms with van der Waals surface area (Å²) in [5, 5.41) is 8.84. The largest absolute Gasteiger partial charge is 0.477 e. The molecule has 3 nitrogen and oxygen atoms in total. The van der Waals surface area contributed by atoms with Gasteiger partial charge in [-0.1, -0.05) is 25.6 Å². The molecule has 1 aromatic heterocycles. The molecule has 0 spiro atoms. The van der Waals surface area contributed by atoms with Crippen molar-refractivity contribution in [2.75, 3.05) is 5.75 Å². The zero-order valence-corrected chi connectivity index (χ0v) is 9.17. The highest BCUT2D eigenvalue weighted by atomic mass is 32.2. The summed E-state index contributed by atoms with van der Waals surface area (Å²) in [5.74, 6) is 0.0627. The summed E-state index contributed by atoms with van der Waals surface area (Å²) in [4.78, 5) is 15.4. The third-order valence-electron chi connectivity index (χ3n) is 1.47. The third-order valence-corrected chi connectivity index (χ3v) is 3.59. The first-order chi connectivity index (χ1) is 6.19. The molecule has 1 heterocycles. The summed E-state index contributed by atoms with van der Waals surface area (Å²) < 4.78 is 0.858. The molecule has 0 amide bonds. The second kappa shape index (κ2) is 4.62. The predicted molar refractivity (Wildman–Crippen MR) is 54.8 cm³/mol. The molecule has 5 heteroatoms. The van der Waals surface area contributed by atoms with Gasteiger partial charge in [0.05, 0.1) is 5.69 Å². The molecule has 0 aliphatic carbocycles. The number of carboxylic acids is 1. The molecule has 1 rings (SSSR count). The molecule has 0 saturated heterocycles. The number of rotatable bonds is 4. The molecule has 0 bridgehead atoms.